The van der Waals surface area contributed by atoms with Crippen LogP contribution in [0.25, 0.3) is 28.0 Å². The molecule has 2 aliphatic carbocycles. The molecule has 3 aromatic heterocycles. The third-order valence-electron chi connectivity index (χ3n) is 9.58. The third kappa shape index (κ3) is 5.23. The second-order valence-electron chi connectivity index (χ2n) is 13.2. The van der Waals surface area contributed by atoms with Crippen molar-refractivity contribution in [2.45, 2.75) is 63.5 Å². The fraction of sp³-hybridized carbons (Fsp3) is 0.389. The molecule has 0 radical (unpaired) electrons. The lowest BCUT2D eigenvalue weighted by molar-refractivity contribution is -0.128. The molecule has 4 heterocycles. The smallest absolute Gasteiger partial charge is 0.355 e. The number of piperazine rings is 1. The summed E-state index contributed by atoms with van der Waals surface area (Å²) >= 11 is 0. The first-order valence-corrected chi connectivity index (χ1v) is 16.3. The number of carbonyl (C=O) groups is 1. The normalized spacial score (nSPS) is 19.1. The molecule has 12 heteroatoms. The van der Waals surface area contributed by atoms with E-state index in [2.05, 4.69) is 18.7 Å². The van der Waals surface area contributed by atoms with Gasteiger partial charge in [0.1, 0.15) is 18.2 Å². The molecule has 1 amide bonds. The zero-order valence-electron chi connectivity index (χ0n) is 27.5. The van der Waals surface area contributed by atoms with E-state index in [-0.39, 0.29) is 35.4 Å². The molecule has 0 unspecified atom stereocenters. The van der Waals surface area contributed by atoms with E-state index in [9.17, 15) is 20.1 Å². The van der Waals surface area contributed by atoms with Crippen molar-refractivity contribution in [3.8, 4) is 29.1 Å². The van der Waals surface area contributed by atoms with Crippen LogP contribution in [0.2, 0.25) is 0 Å². The molecule has 2 saturated carbocycles. The van der Waals surface area contributed by atoms with Crippen molar-refractivity contribution in [2.24, 2.45) is 0 Å². The Morgan fingerprint density at radius 3 is 2.25 bits per heavy atom. The van der Waals surface area contributed by atoms with Crippen LogP contribution in [0.1, 0.15) is 73.9 Å². The number of pyridine rings is 1. The molecule has 4 aromatic rings. The van der Waals surface area contributed by atoms with E-state index in [1.165, 1.54) is 6.08 Å². The number of anilines is 2. The fourth-order valence-electron chi connectivity index (χ4n) is 6.82. The summed E-state index contributed by atoms with van der Waals surface area (Å²) in [4.78, 5) is 52.1. The maximum absolute atomic E-state index is 14.5. The Hall–Kier alpha value is -5.62. The largest absolute Gasteiger partial charge is 0.377 e. The van der Waals surface area contributed by atoms with Gasteiger partial charge in [-0.15, -0.1) is 0 Å². The molecule has 3 aliphatic rings. The van der Waals surface area contributed by atoms with Crippen LogP contribution in [0, 0.1) is 22.7 Å². The molecule has 12 nitrogen and oxygen atoms in total. The molecule has 242 valence electrons. The average Bonchev–Trinajstić information content (AvgIpc) is 4.02. The minimum atomic E-state index is -0.512. The number of rotatable bonds is 7. The van der Waals surface area contributed by atoms with Gasteiger partial charge in [0.05, 0.1) is 45.4 Å². The first kappa shape index (κ1) is 31.0. The number of nitrogens with zero attached hydrogens (tertiary/aromatic N) is 10. The molecule has 48 heavy (non-hydrogen) atoms. The summed E-state index contributed by atoms with van der Waals surface area (Å²) < 4.78 is 1.56. The van der Waals surface area contributed by atoms with Crippen LogP contribution < -0.4 is 15.5 Å². The third-order valence-corrected chi connectivity index (χ3v) is 9.58. The van der Waals surface area contributed by atoms with Gasteiger partial charge in [0.15, 0.2) is 5.65 Å². The van der Waals surface area contributed by atoms with Crippen molar-refractivity contribution in [3.05, 3.63) is 76.2 Å². The molecule has 1 saturated heterocycles. The van der Waals surface area contributed by atoms with Crippen molar-refractivity contribution < 1.29 is 4.79 Å². The summed E-state index contributed by atoms with van der Waals surface area (Å²) in [5.74, 6) is 0.678. The molecular formula is C36H36N10O2. The minimum absolute atomic E-state index is 0.152. The fourth-order valence-corrected chi connectivity index (χ4v) is 6.82. The first-order valence-electron chi connectivity index (χ1n) is 16.3. The molecule has 1 aromatic carbocycles. The number of aromatic nitrogens is 5. The number of fused-ring (bicyclic) bond motifs is 1. The highest BCUT2D eigenvalue weighted by molar-refractivity contribution is 5.94. The predicted octanol–water partition coefficient (Wildman–Crippen LogP) is 4.41. The lowest BCUT2D eigenvalue weighted by atomic mass is 10.00. The lowest BCUT2D eigenvalue weighted by Gasteiger charge is -2.44. The van der Waals surface area contributed by atoms with Crippen LogP contribution in [0.3, 0.4) is 0 Å². The number of hydrogen-bond donors (Lipinski definition) is 0. The first-order chi connectivity index (χ1) is 23.1. The molecule has 2 atom stereocenters. The van der Waals surface area contributed by atoms with Gasteiger partial charge in [-0.25, -0.2) is 24.3 Å². The molecule has 7 rings (SSSR count). The summed E-state index contributed by atoms with van der Waals surface area (Å²) in [6, 6.07) is 11.2. The Bertz CT molecular complexity index is 2100. The Morgan fingerprint density at radius 1 is 0.979 bits per heavy atom. The van der Waals surface area contributed by atoms with Crippen LogP contribution in [0.4, 0.5) is 11.5 Å². The van der Waals surface area contributed by atoms with E-state index >= 15 is 0 Å². The predicted molar refractivity (Wildman–Crippen MR) is 182 cm³/mol. The number of nitriles is 2. The summed E-state index contributed by atoms with van der Waals surface area (Å²) in [5.41, 5.74) is 4.54. The van der Waals surface area contributed by atoms with Gasteiger partial charge in [-0.05, 0) is 69.9 Å². The van der Waals surface area contributed by atoms with E-state index < -0.39 is 5.69 Å². The Morgan fingerprint density at radius 2 is 1.67 bits per heavy atom. The molecule has 0 spiro atoms. The number of carbonyl (C=O) groups excluding carboxylic acids is 1. The standard InChI is InChI=1S/C36H36N10O2/c1-6-29(47)44-17-21(3)45(18-20(44)2)34-27-14-25(16-38)30(26-13-22(15-37)7-12-28(26)43(4)5)41-35(27)46(36(48)42-34)33-31(23-8-9-23)39-19-40-32(33)24-10-11-24/h6-7,12-14,19-21,23-24H,1,8-11,17-18H2,2-5H3/t20-,21+/m1/s1. The van der Waals surface area contributed by atoms with Crippen LogP contribution in [0.5, 0.6) is 0 Å². The van der Waals surface area contributed by atoms with Gasteiger partial charge in [0.2, 0.25) is 5.91 Å². The van der Waals surface area contributed by atoms with Crippen LogP contribution >= 0.6 is 0 Å². The summed E-state index contributed by atoms with van der Waals surface area (Å²) in [5, 5.41) is 20.9. The van der Waals surface area contributed by atoms with E-state index in [0.717, 1.165) is 42.8 Å². The number of hydrogen-bond acceptors (Lipinski definition) is 10. The quantitative estimate of drug-likeness (QED) is 0.266. The van der Waals surface area contributed by atoms with Gasteiger partial charge in [0.25, 0.3) is 0 Å². The maximum Gasteiger partial charge on any atom is 0.355 e. The van der Waals surface area contributed by atoms with Crippen molar-refractivity contribution >= 4 is 28.4 Å². The second kappa shape index (κ2) is 11.9. The molecule has 1 aliphatic heterocycles. The summed E-state index contributed by atoms with van der Waals surface area (Å²) in [6.45, 7) is 8.43. The van der Waals surface area contributed by atoms with Crippen LogP contribution in [-0.4, -0.2) is 74.6 Å². The van der Waals surface area contributed by atoms with Gasteiger partial charge in [-0.1, -0.05) is 6.58 Å². The molecule has 3 fully saturated rings. The molecule has 0 N–H and O–H groups in total. The highest BCUT2D eigenvalue weighted by Gasteiger charge is 2.38. The second-order valence-corrected chi connectivity index (χ2v) is 13.2. The van der Waals surface area contributed by atoms with Crippen molar-refractivity contribution in [1.82, 2.24) is 29.4 Å². The monoisotopic (exact) mass is 640 g/mol. The lowest BCUT2D eigenvalue weighted by Crippen LogP contribution is -2.58. The van der Waals surface area contributed by atoms with Crippen LogP contribution in [0.15, 0.2) is 48.0 Å². The van der Waals surface area contributed by atoms with E-state index in [0.29, 0.717) is 52.4 Å². The molecule has 0 bridgehead atoms. The van der Waals surface area contributed by atoms with Gasteiger partial charge < -0.3 is 14.7 Å². The zero-order valence-corrected chi connectivity index (χ0v) is 27.5. The SMILES string of the molecule is C=CC(=O)N1C[C@H](C)N(c2nc(=O)n(-c3c(C4CC4)ncnc3C3CC3)c3nc(-c4cc(C#N)ccc4N(C)C)c(C#N)cc23)C[C@H]1C. The van der Waals surface area contributed by atoms with E-state index in [1.807, 2.05) is 43.8 Å². The van der Waals surface area contributed by atoms with Crippen molar-refractivity contribution in [1.29, 1.82) is 10.5 Å². The molecular weight excluding hydrogens is 604 g/mol. The highest BCUT2D eigenvalue weighted by atomic mass is 16.2. The maximum atomic E-state index is 14.5. The topological polar surface area (TPSA) is 148 Å². The summed E-state index contributed by atoms with van der Waals surface area (Å²) in [7, 11) is 3.78. The summed E-state index contributed by atoms with van der Waals surface area (Å²) in [6.07, 6.45) is 6.80. The van der Waals surface area contributed by atoms with E-state index in [4.69, 9.17) is 19.9 Å². The van der Waals surface area contributed by atoms with E-state index in [1.54, 1.807) is 34.0 Å². The Kier molecular flexibility index (Phi) is 7.67. The van der Waals surface area contributed by atoms with Crippen LogP contribution in [-0.2, 0) is 4.79 Å². The number of benzene rings is 1. The zero-order chi connectivity index (χ0) is 33.9. The minimum Gasteiger partial charge on any atom is -0.377 e. The Balaban J connectivity index is 1.55. The van der Waals surface area contributed by atoms with Gasteiger partial charge in [-0.3, -0.25) is 4.79 Å². The Labute approximate surface area is 278 Å². The van der Waals surface area contributed by atoms with Gasteiger partial charge in [0, 0.05) is 62.4 Å². The van der Waals surface area contributed by atoms with Crippen molar-refractivity contribution in [2.75, 3.05) is 37.0 Å². The van der Waals surface area contributed by atoms with Gasteiger partial charge in [-0.2, -0.15) is 15.5 Å². The highest BCUT2D eigenvalue weighted by Crippen LogP contribution is 2.47. The van der Waals surface area contributed by atoms with Gasteiger partial charge >= 0.3 is 5.69 Å². The van der Waals surface area contributed by atoms with Crippen molar-refractivity contribution in [3.63, 3.8) is 0 Å². The average molecular weight is 641 g/mol. The number of amides is 1.